The highest BCUT2D eigenvalue weighted by atomic mass is 35.5. The maximum atomic E-state index is 14.1. The summed E-state index contributed by atoms with van der Waals surface area (Å²) in [6.07, 6.45) is 4.57. The molecule has 0 unspecified atom stereocenters. The van der Waals surface area contributed by atoms with E-state index in [9.17, 15) is 13.6 Å². The van der Waals surface area contributed by atoms with E-state index in [4.69, 9.17) is 11.6 Å². The van der Waals surface area contributed by atoms with Crippen molar-refractivity contribution in [2.75, 3.05) is 0 Å². The third kappa shape index (κ3) is 3.41. The fourth-order valence-electron chi connectivity index (χ4n) is 3.32. The number of aromatic nitrogens is 1. The topological polar surface area (TPSA) is 42.0 Å². The number of amides is 1. The van der Waals surface area contributed by atoms with E-state index in [-0.39, 0.29) is 34.1 Å². The Morgan fingerprint density at radius 1 is 1.12 bits per heavy atom. The maximum Gasteiger partial charge on any atom is 0.254 e. The molecular formula is C18H17ClF2N2O. The molecule has 1 aromatic carbocycles. The van der Waals surface area contributed by atoms with Gasteiger partial charge in [-0.2, -0.15) is 0 Å². The molecule has 126 valence electrons. The molecule has 24 heavy (non-hydrogen) atoms. The summed E-state index contributed by atoms with van der Waals surface area (Å²) < 4.78 is 28.3. The van der Waals surface area contributed by atoms with Crippen LogP contribution in [0.25, 0.3) is 0 Å². The molecule has 2 aromatic rings. The number of halogens is 3. The Kier molecular flexibility index (Phi) is 5.09. The Balaban J connectivity index is 1.85. The van der Waals surface area contributed by atoms with Crippen molar-refractivity contribution < 1.29 is 13.6 Å². The molecule has 0 aliphatic heterocycles. The van der Waals surface area contributed by atoms with Gasteiger partial charge < -0.3 is 5.32 Å². The highest BCUT2D eigenvalue weighted by Gasteiger charge is 2.32. The third-order valence-corrected chi connectivity index (χ3v) is 4.76. The molecular weight excluding hydrogens is 334 g/mol. The van der Waals surface area contributed by atoms with Crippen LogP contribution in [0, 0.1) is 11.6 Å². The van der Waals surface area contributed by atoms with Crippen molar-refractivity contribution in [3.8, 4) is 0 Å². The highest BCUT2D eigenvalue weighted by Crippen LogP contribution is 2.36. The van der Waals surface area contributed by atoms with Crippen molar-refractivity contribution in [3.63, 3.8) is 0 Å². The first-order chi connectivity index (χ1) is 11.6. The molecule has 0 bridgehead atoms. The van der Waals surface area contributed by atoms with Gasteiger partial charge in [0.2, 0.25) is 0 Å². The molecule has 1 saturated carbocycles. The summed E-state index contributed by atoms with van der Waals surface area (Å²) in [6, 6.07) is 6.71. The quantitative estimate of drug-likeness (QED) is 0.830. The molecule has 1 amide bonds. The Bertz CT molecular complexity index is 733. The van der Waals surface area contributed by atoms with Crippen LogP contribution in [0.5, 0.6) is 0 Å². The third-order valence-electron chi connectivity index (χ3n) is 4.46. The van der Waals surface area contributed by atoms with Gasteiger partial charge in [-0.3, -0.25) is 4.79 Å². The van der Waals surface area contributed by atoms with Crippen LogP contribution in [0.15, 0.2) is 36.5 Å². The number of pyridine rings is 1. The van der Waals surface area contributed by atoms with Crippen molar-refractivity contribution in [2.24, 2.45) is 0 Å². The van der Waals surface area contributed by atoms with Crippen molar-refractivity contribution in [2.45, 2.75) is 37.6 Å². The van der Waals surface area contributed by atoms with E-state index in [0.29, 0.717) is 12.8 Å². The number of hydrogen-bond donors (Lipinski definition) is 1. The van der Waals surface area contributed by atoms with Gasteiger partial charge in [0.1, 0.15) is 16.8 Å². The van der Waals surface area contributed by atoms with Crippen molar-refractivity contribution in [1.29, 1.82) is 0 Å². The Labute approximate surface area is 144 Å². The molecule has 1 N–H and O–H groups in total. The second-order valence-electron chi connectivity index (χ2n) is 5.95. The van der Waals surface area contributed by atoms with Gasteiger partial charge >= 0.3 is 0 Å². The lowest BCUT2D eigenvalue weighted by molar-refractivity contribution is 0.0919. The van der Waals surface area contributed by atoms with Gasteiger partial charge in [0, 0.05) is 23.7 Å². The van der Waals surface area contributed by atoms with Gasteiger partial charge in [-0.15, -0.1) is 0 Å². The van der Waals surface area contributed by atoms with E-state index in [1.165, 1.54) is 24.4 Å². The number of carbonyl (C=O) groups excluding carboxylic acids is 1. The fourth-order valence-corrected chi connectivity index (χ4v) is 3.52. The number of rotatable bonds is 3. The summed E-state index contributed by atoms with van der Waals surface area (Å²) in [4.78, 5) is 16.3. The molecule has 0 saturated heterocycles. The smallest absolute Gasteiger partial charge is 0.254 e. The van der Waals surface area contributed by atoms with Gasteiger partial charge in [-0.05, 0) is 37.1 Å². The molecule has 1 aliphatic rings. The molecule has 3 nitrogen and oxygen atoms in total. The minimum Gasteiger partial charge on any atom is -0.349 e. The average Bonchev–Trinajstić information content (AvgIpc) is 2.56. The molecule has 3 rings (SSSR count). The van der Waals surface area contributed by atoms with Crippen LogP contribution in [-0.2, 0) is 0 Å². The average molecular weight is 351 g/mol. The van der Waals surface area contributed by atoms with E-state index in [1.807, 2.05) is 0 Å². The lowest BCUT2D eigenvalue weighted by Gasteiger charge is -2.33. The van der Waals surface area contributed by atoms with Gasteiger partial charge in [0.15, 0.2) is 0 Å². The zero-order valence-electron chi connectivity index (χ0n) is 12.9. The van der Waals surface area contributed by atoms with Gasteiger partial charge in [-0.25, -0.2) is 13.8 Å². The number of carbonyl (C=O) groups is 1. The van der Waals surface area contributed by atoms with Crippen LogP contribution >= 0.6 is 11.6 Å². The molecule has 1 fully saturated rings. The van der Waals surface area contributed by atoms with Gasteiger partial charge in [-0.1, -0.05) is 30.5 Å². The van der Waals surface area contributed by atoms with Crippen molar-refractivity contribution in [3.05, 3.63) is 64.4 Å². The molecule has 2 atom stereocenters. The van der Waals surface area contributed by atoms with Gasteiger partial charge in [0.05, 0.1) is 5.56 Å². The Morgan fingerprint density at radius 2 is 1.83 bits per heavy atom. The SMILES string of the molecule is O=C(N[C@H]1CCCC[C@@H]1c1c(F)cccc1F)c1cccnc1Cl. The summed E-state index contributed by atoms with van der Waals surface area (Å²) in [5.41, 5.74) is 0.317. The minimum absolute atomic E-state index is 0.0554. The molecule has 1 heterocycles. The van der Waals surface area contributed by atoms with Crippen LogP contribution in [0.1, 0.15) is 47.5 Å². The first-order valence-electron chi connectivity index (χ1n) is 7.93. The van der Waals surface area contributed by atoms with E-state index in [0.717, 1.165) is 12.8 Å². The second kappa shape index (κ2) is 7.26. The van der Waals surface area contributed by atoms with Gasteiger partial charge in [0.25, 0.3) is 5.91 Å². The van der Waals surface area contributed by atoms with Crippen molar-refractivity contribution in [1.82, 2.24) is 10.3 Å². The molecule has 1 aromatic heterocycles. The first-order valence-corrected chi connectivity index (χ1v) is 8.31. The molecule has 6 heteroatoms. The minimum atomic E-state index is -0.569. The summed E-state index contributed by atoms with van der Waals surface area (Å²) in [5.74, 6) is -1.90. The van der Waals surface area contributed by atoms with E-state index in [2.05, 4.69) is 10.3 Å². The highest BCUT2D eigenvalue weighted by molar-refractivity contribution is 6.32. The van der Waals surface area contributed by atoms with Crippen LogP contribution in [0.2, 0.25) is 5.15 Å². The lowest BCUT2D eigenvalue weighted by atomic mass is 9.79. The molecule has 0 radical (unpaired) electrons. The summed E-state index contributed by atoms with van der Waals surface area (Å²) >= 11 is 5.95. The zero-order valence-corrected chi connectivity index (χ0v) is 13.7. The lowest BCUT2D eigenvalue weighted by Crippen LogP contribution is -2.41. The standard InChI is InChI=1S/C18H17ClF2N2O/c19-17-12(6-4-10-22-17)18(24)23-15-9-2-1-5-11(15)16-13(20)7-3-8-14(16)21/h3-4,6-8,10-11,15H,1-2,5,9H2,(H,23,24)/t11-,15-/m0/s1. The molecule has 0 spiro atoms. The number of hydrogen-bond acceptors (Lipinski definition) is 2. The number of nitrogens with one attached hydrogen (secondary N) is 1. The van der Waals surface area contributed by atoms with Crippen molar-refractivity contribution >= 4 is 17.5 Å². The number of benzene rings is 1. The van der Waals surface area contributed by atoms with Crippen LogP contribution in [0.4, 0.5) is 8.78 Å². The summed E-state index contributed by atoms with van der Waals surface area (Å²) in [6.45, 7) is 0. The zero-order chi connectivity index (χ0) is 17.1. The van der Waals surface area contributed by atoms with Crippen LogP contribution < -0.4 is 5.32 Å². The Morgan fingerprint density at radius 3 is 2.54 bits per heavy atom. The first kappa shape index (κ1) is 16.8. The predicted molar refractivity (Wildman–Crippen MR) is 88.1 cm³/mol. The normalized spacial score (nSPS) is 20.6. The number of nitrogens with zero attached hydrogens (tertiary/aromatic N) is 1. The monoisotopic (exact) mass is 350 g/mol. The van der Waals surface area contributed by atoms with Crippen LogP contribution in [-0.4, -0.2) is 16.9 Å². The summed E-state index contributed by atoms with van der Waals surface area (Å²) in [5, 5.41) is 2.99. The van der Waals surface area contributed by atoms with E-state index < -0.39 is 11.6 Å². The maximum absolute atomic E-state index is 14.1. The summed E-state index contributed by atoms with van der Waals surface area (Å²) in [7, 11) is 0. The largest absolute Gasteiger partial charge is 0.349 e. The second-order valence-corrected chi connectivity index (χ2v) is 6.31. The van der Waals surface area contributed by atoms with E-state index >= 15 is 0 Å². The van der Waals surface area contributed by atoms with E-state index in [1.54, 1.807) is 12.1 Å². The Hall–Kier alpha value is -2.01. The van der Waals surface area contributed by atoms with Crippen LogP contribution in [0.3, 0.4) is 0 Å². The fraction of sp³-hybridized carbons (Fsp3) is 0.333. The molecule has 1 aliphatic carbocycles. The predicted octanol–water partition coefficient (Wildman–Crippen LogP) is 4.47.